The van der Waals surface area contributed by atoms with Crippen molar-refractivity contribution in [1.82, 2.24) is 0 Å². The highest BCUT2D eigenvalue weighted by Gasteiger charge is 2.26. The predicted octanol–water partition coefficient (Wildman–Crippen LogP) is 1.92. The van der Waals surface area contributed by atoms with E-state index in [0.717, 1.165) is 25.7 Å². The fourth-order valence-corrected chi connectivity index (χ4v) is 1.77. The van der Waals surface area contributed by atoms with Crippen LogP contribution in [0.3, 0.4) is 0 Å². The lowest BCUT2D eigenvalue weighted by Crippen LogP contribution is -2.24. The molecule has 0 amide bonds. The largest absolute Gasteiger partial charge is 0.481 e. The molecule has 1 rings (SSSR count). The Hall–Kier alpha value is -0.860. The van der Waals surface area contributed by atoms with Crippen LogP contribution < -0.4 is 0 Å². The van der Waals surface area contributed by atoms with Crippen LogP contribution in [-0.2, 0) is 4.79 Å². The molecule has 0 aromatic rings. The van der Waals surface area contributed by atoms with Crippen LogP contribution in [0.25, 0.3) is 0 Å². The minimum Gasteiger partial charge on any atom is -0.481 e. The fraction of sp³-hybridized carbons (Fsp3) is 0.778. The molecule has 3 heteroatoms. The van der Waals surface area contributed by atoms with Gasteiger partial charge in [0.2, 0.25) is 0 Å². The molecule has 1 aliphatic rings. The number of hydrogen-bond acceptors (Lipinski definition) is 2. The third-order valence-electron chi connectivity index (χ3n) is 2.69. The van der Waals surface area contributed by atoms with Gasteiger partial charge in [0.25, 0.3) is 0 Å². The third kappa shape index (κ3) is 2.06. The Morgan fingerprint density at radius 3 is 2.00 bits per heavy atom. The molecule has 3 nitrogen and oxygen atoms in total. The van der Waals surface area contributed by atoms with Gasteiger partial charge in [0.05, 0.1) is 5.92 Å². The number of rotatable bonds is 2. The SMILES string of the molecule is CC(=N)C1CCC(C(=O)O)CC1. The van der Waals surface area contributed by atoms with E-state index in [1.165, 1.54) is 0 Å². The van der Waals surface area contributed by atoms with Crippen molar-refractivity contribution in [2.24, 2.45) is 11.8 Å². The zero-order valence-electron chi connectivity index (χ0n) is 7.34. The molecule has 0 bridgehead atoms. The molecule has 0 heterocycles. The molecule has 0 saturated heterocycles. The minimum atomic E-state index is -0.670. The average Bonchev–Trinajstić information content (AvgIpc) is 2.04. The molecule has 12 heavy (non-hydrogen) atoms. The third-order valence-corrected chi connectivity index (χ3v) is 2.69. The Bertz CT molecular complexity index is 171. The smallest absolute Gasteiger partial charge is 0.306 e. The summed E-state index contributed by atoms with van der Waals surface area (Å²) in [7, 11) is 0. The van der Waals surface area contributed by atoms with Crippen LogP contribution >= 0.6 is 0 Å². The summed E-state index contributed by atoms with van der Waals surface area (Å²) in [4.78, 5) is 10.6. The van der Waals surface area contributed by atoms with Crippen LogP contribution in [-0.4, -0.2) is 16.8 Å². The van der Waals surface area contributed by atoms with E-state index in [0.29, 0.717) is 11.6 Å². The highest BCUT2D eigenvalue weighted by atomic mass is 16.4. The van der Waals surface area contributed by atoms with Crippen molar-refractivity contribution in [2.45, 2.75) is 32.6 Å². The van der Waals surface area contributed by atoms with E-state index in [9.17, 15) is 4.79 Å². The lowest BCUT2D eigenvalue weighted by Gasteiger charge is -2.25. The van der Waals surface area contributed by atoms with Gasteiger partial charge < -0.3 is 10.5 Å². The number of carboxylic acids is 1. The molecule has 1 aliphatic carbocycles. The summed E-state index contributed by atoms with van der Waals surface area (Å²) >= 11 is 0. The molecule has 68 valence electrons. The highest BCUT2D eigenvalue weighted by Crippen LogP contribution is 2.29. The van der Waals surface area contributed by atoms with Gasteiger partial charge in [0.1, 0.15) is 0 Å². The number of carbonyl (C=O) groups is 1. The Morgan fingerprint density at radius 2 is 1.67 bits per heavy atom. The maximum atomic E-state index is 10.6. The van der Waals surface area contributed by atoms with Crippen molar-refractivity contribution in [2.75, 3.05) is 0 Å². The number of nitrogens with one attached hydrogen (secondary N) is 1. The fourth-order valence-electron chi connectivity index (χ4n) is 1.77. The molecule has 0 atom stereocenters. The summed E-state index contributed by atoms with van der Waals surface area (Å²) in [6.45, 7) is 1.81. The van der Waals surface area contributed by atoms with E-state index in [1.54, 1.807) is 0 Å². The zero-order valence-corrected chi connectivity index (χ0v) is 7.34. The summed E-state index contributed by atoms with van der Waals surface area (Å²) < 4.78 is 0. The Morgan fingerprint density at radius 1 is 1.25 bits per heavy atom. The lowest BCUT2D eigenvalue weighted by molar-refractivity contribution is -0.142. The average molecular weight is 169 g/mol. The summed E-state index contributed by atoms with van der Waals surface area (Å²) in [6.07, 6.45) is 3.26. The van der Waals surface area contributed by atoms with Gasteiger partial charge in [-0.1, -0.05) is 0 Å². The van der Waals surface area contributed by atoms with E-state index in [2.05, 4.69) is 0 Å². The molecule has 1 fully saturated rings. The maximum Gasteiger partial charge on any atom is 0.306 e. The summed E-state index contributed by atoms with van der Waals surface area (Å²) in [6, 6.07) is 0. The van der Waals surface area contributed by atoms with Crippen LogP contribution in [0.2, 0.25) is 0 Å². The van der Waals surface area contributed by atoms with Crippen LogP contribution in [0.5, 0.6) is 0 Å². The Kier molecular flexibility index (Phi) is 2.84. The van der Waals surface area contributed by atoms with Gasteiger partial charge in [-0.3, -0.25) is 4.79 Å². The van der Waals surface area contributed by atoms with Crippen LogP contribution in [0.1, 0.15) is 32.6 Å². The molecule has 1 saturated carbocycles. The van der Waals surface area contributed by atoms with Gasteiger partial charge in [-0.05, 0) is 38.5 Å². The Balaban J connectivity index is 2.39. The van der Waals surface area contributed by atoms with Gasteiger partial charge >= 0.3 is 5.97 Å². The van der Waals surface area contributed by atoms with E-state index in [4.69, 9.17) is 10.5 Å². The topological polar surface area (TPSA) is 61.2 Å². The molecular formula is C9H15NO2. The molecular weight excluding hydrogens is 154 g/mol. The molecule has 2 N–H and O–H groups in total. The first kappa shape index (κ1) is 9.23. The number of aliphatic carboxylic acids is 1. The van der Waals surface area contributed by atoms with Crippen molar-refractivity contribution in [3.63, 3.8) is 0 Å². The van der Waals surface area contributed by atoms with Gasteiger partial charge in [-0.2, -0.15) is 0 Å². The molecule has 0 unspecified atom stereocenters. The normalized spacial score (nSPS) is 29.8. The van der Waals surface area contributed by atoms with Gasteiger partial charge in [0.15, 0.2) is 0 Å². The number of hydrogen-bond donors (Lipinski definition) is 2. The first-order valence-electron chi connectivity index (χ1n) is 4.39. The van der Waals surface area contributed by atoms with Crippen molar-refractivity contribution in [3.05, 3.63) is 0 Å². The minimum absolute atomic E-state index is 0.152. The van der Waals surface area contributed by atoms with Gasteiger partial charge in [-0.25, -0.2) is 0 Å². The first-order valence-corrected chi connectivity index (χ1v) is 4.39. The summed E-state index contributed by atoms with van der Waals surface area (Å²) in [5, 5.41) is 16.1. The van der Waals surface area contributed by atoms with Gasteiger partial charge in [0, 0.05) is 5.71 Å². The second-order valence-electron chi connectivity index (χ2n) is 3.57. The molecule has 0 aromatic carbocycles. The monoisotopic (exact) mass is 169 g/mol. The molecule has 0 radical (unpaired) electrons. The van der Waals surface area contributed by atoms with E-state index in [1.807, 2.05) is 6.92 Å². The van der Waals surface area contributed by atoms with Crippen LogP contribution in [0, 0.1) is 17.2 Å². The van der Waals surface area contributed by atoms with Crippen molar-refractivity contribution >= 4 is 11.7 Å². The first-order chi connectivity index (χ1) is 5.61. The molecule has 0 spiro atoms. The Labute approximate surface area is 72.3 Å². The quantitative estimate of drug-likeness (QED) is 0.620. The standard InChI is InChI=1S/C9H15NO2/c1-6(10)7-2-4-8(5-3-7)9(11)12/h7-8,10H,2-5H2,1H3,(H,11,12). The van der Waals surface area contributed by atoms with Crippen molar-refractivity contribution in [3.8, 4) is 0 Å². The summed E-state index contributed by atoms with van der Waals surface area (Å²) in [5.41, 5.74) is 0.707. The van der Waals surface area contributed by atoms with E-state index < -0.39 is 5.97 Å². The van der Waals surface area contributed by atoms with Crippen molar-refractivity contribution in [1.29, 1.82) is 5.41 Å². The number of carboxylic acid groups (broad SMARTS) is 1. The molecule has 0 aromatic heterocycles. The van der Waals surface area contributed by atoms with Crippen LogP contribution in [0.15, 0.2) is 0 Å². The molecule has 0 aliphatic heterocycles. The highest BCUT2D eigenvalue weighted by molar-refractivity contribution is 5.81. The summed E-state index contributed by atoms with van der Waals surface area (Å²) in [5.74, 6) is -0.475. The van der Waals surface area contributed by atoms with Gasteiger partial charge in [-0.15, -0.1) is 0 Å². The van der Waals surface area contributed by atoms with Crippen molar-refractivity contribution < 1.29 is 9.90 Å². The maximum absolute atomic E-state index is 10.6. The van der Waals surface area contributed by atoms with E-state index in [-0.39, 0.29) is 5.92 Å². The van der Waals surface area contributed by atoms with Crippen LogP contribution in [0.4, 0.5) is 0 Å². The second-order valence-corrected chi connectivity index (χ2v) is 3.57. The zero-order chi connectivity index (χ0) is 9.14. The predicted molar refractivity (Wildman–Crippen MR) is 46.5 cm³/mol. The van der Waals surface area contributed by atoms with E-state index >= 15 is 0 Å². The lowest BCUT2D eigenvalue weighted by atomic mass is 9.80. The second kappa shape index (κ2) is 3.70.